The molecule has 3 aromatic heterocycles. The maximum Gasteiger partial charge on any atom is 0.263 e. The van der Waals surface area contributed by atoms with Crippen molar-refractivity contribution in [3.8, 4) is 22.8 Å². The Morgan fingerprint density at radius 2 is 2.11 bits per heavy atom. The van der Waals surface area contributed by atoms with Crippen LogP contribution in [0.3, 0.4) is 0 Å². The molecule has 0 aliphatic heterocycles. The van der Waals surface area contributed by atoms with E-state index in [9.17, 15) is 0 Å². The lowest BCUT2D eigenvalue weighted by atomic mass is 10.2. The van der Waals surface area contributed by atoms with Crippen molar-refractivity contribution in [3.05, 3.63) is 22.0 Å². The van der Waals surface area contributed by atoms with Crippen LogP contribution in [0.2, 0.25) is 0 Å². The molecule has 3 aromatic rings. The maximum atomic E-state index is 5.38. The summed E-state index contributed by atoms with van der Waals surface area (Å²) in [5.74, 6) is 1.14. The van der Waals surface area contributed by atoms with Gasteiger partial charge in [-0.1, -0.05) is 5.16 Å². The maximum absolute atomic E-state index is 5.38. The van der Waals surface area contributed by atoms with Crippen LogP contribution in [-0.4, -0.2) is 21.6 Å². The van der Waals surface area contributed by atoms with Gasteiger partial charge in [0.25, 0.3) is 5.89 Å². The van der Waals surface area contributed by atoms with E-state index in [-0.39, 0.29) is 0 Å². The first kappa shape index (κ1) is 12.3. The highest BCUT2D eigenvalue weighted by molar-refractivity contribution is 7.11. The van der Waals surface area contributed by atoms with Gasteiger partial charge in [-0.05, 0) is 36.3 Å². The third-order valence-corrected chi connectivity index (χ3v) is 4.64. The highest BCUT2D eigenvalue weighted by atomic mass is 32.1. The van der Waals surface area contributed by atoms with E-state index < -0.39 is 0 Å². The molecular formula is C12H12N4OS2. The lowest BCUT2D eigenvalue weighted by Crippen LogP contribution is -1.88. The molecule has 0 radical (unpaired) electrons. The smallest absolute Gasteiger partial charge is 0.263 e. The van der Waals surface area contributed by atoms with E-state index in [0.717, 1.165) is 27.4 Å². The number of nitrogens with one attached hydrogen (secondary N) is 1. The van der Waals surface area contributed by atoms with E-state index in [1.165, 1.54) is 11.5 Å². The molecule has 98 valence electrons. The molecule has 0 aliphatic carbocycles. The highest BCUT2D eigenvalue weighted by Crippen LogP contribution is 2.34. The van der Waals surface area contributed by atoms with Crippen molar-refractivity contribution in [3.63, 3.8) is 0 Å². The zero-order valence-corrected chi connectivity index (χ0v) is 12.4. The minimum absolute atomic E-state index is 0.510. The molecule has 7 heteroatoms. The van der Waals surface area contributed by atoms with E-state index in [4.69, 9.17) is 4.52 Å². The topological polar surface area (TPSA) is 63.8 Å². The summed E-state index contributed by atoms with van der Waals surface area (Å²) in [6, 6.07) is 0. The molecule has 0 aromatic carbocycles. The fourth-order valence-electron chi connectivity index (χ4n) is 1.82. The second-order valence-corrected chi connectivity index (χ2v) is 5.63. The van der Waals surface area contributed by atoms with Gasteiger partial charge in [0.05, 0.1) is 11.3 Å². The average Bonchev–Trinajstić information content (AvgIpc) is 3.08. The minimum Gasteiger partial charge on any atom is -0.378 e. The summed E-state index contributed by atoms with van der Waals surface area (Å²) < 4.78 is 9.69. The Morgan fingerprint density at radius 1 is 1.26 bits per heavy atom. The van der Waals surface area contributed by atoms with Gasteiger partial charge in [0, 0.05) is 18.0 Å². The van der Waals surface area contributed by atoms with E-state index in [0.29, 0.717) is 11.7 Å². The first-order chi connectivity index (χ1) is 9.20. The lowest BCUT2D eigenvalue weighted by Gasteiger charge is -1.96. The summed E-state index contributed by atoms with van der Waals surface area (Å²) in [5.41, 5.74) is 3.96. The van der Waals surface area contributed by atoms with Crippen molar-refractivity contribution in [2.24, 2.45) is 0 Å². The zero-order valence-electron chi connectivity index (χ0n) is 10.7. The van der Waals surface area contributed by atoms with Gasteiger partial charge in [-0.15, -0.1) is 0 Å². The van der Waals surface area contributed by atoms with Crippen molar-refractivity contribution >= 4 is 27.9 Å². The molecule has 0 unspecified atom stereocenters. The highest BCUT2D eigenvalue weighted by Gasteiger charge is 2.19. The third kappa shape index (κ3) is 2.04. The molecule has 0 atom stereocenters. The van der Waals surface area contributed by atoms with E-state index in [1.54, 1.807) is 11.3 Å². The largest absolute Gasteiger partial charge is 0.378 e. The Balaban J connectivity index is 2.06. The first-order valence-electron chi connectivity index (χ1n) is 5.72. The quantitative estimate of drug-likeness (QED) is 0.799. The molecule has 0 aliphatic rings. The van der Waals surface area contributed by atoms with Crippen LogP contribution in [0.25, 0.3) is 22.8 Å². The molecule has 0 amide bonds. The van der Waals surface area contributed by atoms with Crippen LogP contribution in [-0.2, 0) is 0 Å². The summed E-state index contributed by atoms with van der Waals surface area (Å²) in [5, 5.41) is 12.2. The Morgan fingerprint density at radius 3 is 2.79 bits per heavy atom. The number of hydrogen-bond acceptors (Lipinski definition) is 7. The van der Waals surface area contributed by atoms with Gasteiger partial charge in [0.2, 0.25) is 5.82 Å². The molecule has 0 saturated carbocycles. The van der Waals surface area contributed by atoms with E-state index in [2.05, 4.69) is 25.2 Å². The standard InChI is InChI=1S/C12H12N4OS2/c1-6-4-18-5-8(6)10-14-11(17-15-10)9-7(2)16-19-12(9)13-3/h4-5,13H,1-3H3. The Bertz CT molecular complexity index is 713. The second-order valence-electron chi connectivity index (χ2n) is 4.11. The monoisotopic (exact) mass is 292 g/mol. The number of anilines is 1. The zero-order chi connectivity index (χ0) is 13.4. The fraction of sp³-hybridized carbons (Fsp3) is 0.250. The fourth-order valence-corrected chi connectivity index (χ4v) is 3.38. The molecule has 0 spiro atoms. The average molecular weight is 292 g/mol. The number of aryl methyl sites for hydroxylation is 2. The number of hydrogen-bond donors (Lipinski definition) is 1. The summed E-state index contributed by atoms with van der Waals surface area (Å²) in [6.07, 6.45) is 0. The van der Waals surface area contributed by atoms with Crippen molar-refractivity contribution in [2.75, 3.05) is 12.4 Å². The molecule has 3 heterocycles. The van der Waals surface area contributed by atoms with Gasteiger partial charge in [-0.2, -0.15) is 20.7 Å². The SMILES string of the molecule is CNc1snc(C)c1-c1nc(-c2cscc2C)no1. The van der Waals surface area contributed by atoms with Gasteiger partial charge < -0.3 is 9.84 Å². The summed E-state index contributed by atoms with van der Waals surface area (Å²) in [6.45, 7) is 3.98. The Kier molecular flexibility index (Phi) is 3.08. The molecule has 0 bridgehead atoms. The molecule has 5 nitrogen and oxygen atoms in total. The Labute approximate surface area is 118 Å². The van der Waals surface area contributed by atoms with Crippen molar-refractivity contribution in [1.29, 1.82) is 0 Å². The predicted molar refractivity (Wildman–Crippen MR) is 77.7 cm³/mol. The summed E-state index contributed by atoms with van der Waals surface area (Å²) in [7, 11) is 1.86. The number of nitrogens with zero attached hydrogens (tertiary/aromatic N) is 3. The number of rotatable bonds is 3. The molecular weight excluding hydrogens is 280 g/mol. The molecule has 19 heavy (non-hydrogen) atoms. The van der Waals surface area contributed by atoms with Crippen LogP contribution in [0.1, 0.15) is 11.3 Å². The second kappa shape index (κ2) is 4.75. The first-order valence-corrected chi connectivity index (χ1v) is 7.43. The van der Waals surface area contributed by atoms with E-state index in [1.807, 2.05) is 26.3 Å². The van der Waals surface area contributed by atoms with Crippen LogP contribution in [0.15, 0.2) is 15.3 Å². The van der Waals surface area contributed by atoms with Gasteiger partial charge in [-0.25, -0.2) is 0 Å². The van der Waals surface area contributed by atoms with Gasteiger partial charge in [0.1, 0.15) is 5.00 Å². The van der Waals surface area contributed by atoms with Crippen LogP contribution in [0, 0.1) is 13.8 Å². The molecule has 0 fully saturated rings. The lowest BCUT2D eigenvalue weighted by molar-refractivity contribution is 0.432. The predicted octanol–water partition coefficient (Wildman–Crippen LogP) is 3.58. The number of aromatic nitrogens is 3. The van der Waals surface area contributed by atoms with Crippen molar-refractivity contribution < 1.29 is 4.52 Å². The molecule has 1 N–H and O–H groups in total. The van der Waals surface area contributed by atoms with Crippen LogP contribution in [0.5, 0.6) is 0 Å². The normalized spacial score (nSPS) is 10.9. The van der Waals surface area contributed by atoms with E-state index >= 15 is 0 Å². The third-order valence-electron chi connectivity index (χ3n) is 2.83. The van der Waals surface area contributed by atoms with Crippen LogP contribution < -0.4 is 5.32 Å². The van der Waals surface area contributed by atoms with Gasteiger partial charge in [0.15, 0.2) is 0 Å². The molecule has 0 saturated heterocycles. The Hall–Kier alpha value is -1.73. The number of thiophene rings is 1. The summed E-state index contributed by atoms with van der Waals surface area (Å²) >= 11 is 3.03. The van der Waals surface area contributed by atoms with Crippen molar-refractivity contribution in [1.82, 2.24) is 14.5 Å². The molecule has 3 rings (SSSR count). The van der Waals surface area contributed by atoms with Crippen LogP contribution >= 0.6 is 22.9 Å². The van der Waals surface area contributed by atoms with Crippen molar-refractivity contribution in [2.45, 2.75) is 13.8 Å². The van der Waals surface area contributed by atoms with Gasteiger partial charge in [-0.3, -0.25) is 0 Å². The summed E-state index contributed by atoms with van der Waals surface area (Å²) in [4.78, 5) is 4.48. The van der Waals surface area contributed by atoms with Crippen LogP contribution in [0.4, 0.5) is 5.00 Å². The van der Waals surface area contributed by atoms with Gasteiger partial charge >= 0.3 is 0 Å². The minimum atomic E-state index is 0.510.